The number of hydrogen-bond donors (Lipinski definition) is 1. The molecule has 0 aliphatic heterocycles. The van der Waals surface area contributed by atoms with E-state index in [-0.39, 0.29) is 16.2 Å². The molecule has 1 N–H and O–H groups in total. The Balaban J connectivity index is 2.26. The molecular weight excluding hydrogens is 333 g/mol. The van der Waals surface area contributed by atoms with Crippen molar-refractivity contribution in [2.24, 2.45) is 0 Å². The SMILES string of the molecule is CCC(Nc1cc(F)c(Br)cc1F)c1ccc(F)cn1. The van der Waals surface area contributed by atoms with E-state index >= 15 is 0 Å². The number of aromatic nitrogens is 1. The molecule has 106 valence electrons. The van der Waals surface area contributed by atoms with Crippen LogP contribution in [0.25, 0.3) is 0 Å². The van der Waals surface area contributed by atoms with Gasteiger partial charge in [-0.15, -0.1) is 0 Å². The van der Waals surface area contributed by atoms with Crippen molar-refractivity contribution in [2.75, 3.05) is 5.32 Å². The van der Waals surface area contributed by atoms with E-state index in [2.05, 4.69) is 26.2 Å². The summed E-state index contributed by atoms with van der Waals surface area (Å²) in [6.07, 6.45) is 1.69. The Labute approximate surface area is 123 Å². The maximum Gasteiger partial charge on any atom is 0.147 e. The van der Waals surface area contributed by atoms with Gasteiger partial charge in [0.1, 0.15) is 17.5 Å². The number of halogens is 4. The van der Waals surface area contributed by atoms with Gasteiger partial charge in [-0.2, -0.15) is 0 Å². The first-order valence-corrected chi connectivity index (χ1v) is 6.83. The van der Waals surface area contributed by atoms with Crippen LogP contribution < -0.4 is 5.32 Å². The van der Waals surface area contributed by atoms with E-state index in [9.17, 15) is 13.2 Å². The molecule has 0 saturated heterocycles. The Morgan fingerprint density at radius 1 is 1.20 bits per heavy atom. The monoisotopic (exact) mass is 344 g/mol. The van der Waals surface area contributed by atoms with Gasteiger partial charge in [0.05, 0.1) is 28.1 Å². The molecule has 2 aromatic rings. The highest BCUT2D eigenvalue weighted by atomic mass is 79.9. The van der Waals surface area contributed by atoms with Crippen LogP contribution in [-0.4, -0.2) is 4.98 Å². The smallest absolute Gasteiger partial charge is 0.147 e. The number of anilines is 1. The van der Waals surface area contributed by atoms with Crippen LogP contribution in [0.15, 0.2) is 34.9 Å². The van der Waals surface area contributed by atoms with Crippen molar-refractivity contribution >= 4 is 21.6 Å². The van der Waals surface area contributed by atoms with Crippen molar-refractivity contribution in [3.63, 3.8) is 0 Å². The first kappa shape index (κ1) is 14.8. The minimum absolute atomic E-state index is 0.0451. The predicted octanol–water partition coefficient (Wildman–Crippen LogP) is 4.82. The number of nitrogens with one attached hydrogen (secondary N) is 1. The summed E-state index contributed by atoms with van der Waals surface area (Å²) in [4.78, 5) is 3.95. The standard InChI is InChI=1S/C14H12BrF3N2/c1-2-12(13-4-3-8(16)7-19-13)20-14-6-10(17)9(15)5-11(14)18/h3-7,12,20H,2H2,1H3. The second-order valence-corrected chi connectivity index (χ2v) is 5.11. The van der Waals surface area contributed by atoms with Crippen LogP contribution in [0.4, 0.5) is 18.9 Å². The third-order valence-electron chi connectivity index (χ3n) is 2.86. The summed E-state index contributed by atoms with van der Waals surface area (Å²) >= 11 is 2.92. The van der Waals surface area contributed by atoms with Crippen LogP contribution in [-0.2, 0) is 0 Å². The molecule has 0 aliphatic carbocycles. The van der Waals surface area contributed by atoms with Gasteiger partial charge < -0.3 is 5.32 Å². The van der Waals surface area contributed by atoms with Crippen molar-refractivity contribution in [1.29, 1.82) is 0 Å². The van der Waals surface area contributed by atoms with E-state index in [0.717, 1.165) is 18.3 Å². The number of pyridine rings is 1. The number of rotatable bonds is 4. The Bertz CT molecular complexity index is 602. The minimum atomic E-state index is -0.571. The molecule has 0 bridgehead atoms. The summed E-state index contributed by atoms with van der Waals surface area (Å²) in [5, 5.41) is 2.88. The van der Waals surface area contributed by atoms with Crippen LogP contribution in [0.1, 0.15) is 25.1 Å². The number of hydrogen-bond acceptors (Lipinski definition) is 2. The van der Waals surface area contributed by atoms with Gasteiger partial charge in [0.2, 0.25) is 0 Å². The van der Waals surface area contributed by atoms with E-state index in [0.29, 0.717) is 12.1 Å². The maximum atomic E-state index is 13.8. The number of benzene rings is 1. The second kappa shape index (κ2) is 6.26. The lowest BCUT2D eigenvalue weighted by Gasteiger charge is -2.18. The van der Waals surface area contributed by atoms with Gasteiger partial charge in [0.25, 0.3) is 0 Å². The highest BCUT2D eigenvalue weighted by Gasteiger charge is 2.15. The van der Waals surface area contributed by atoms with Crippen LogP contribution in [0, 0.1) is 17.5 Å². The highest BCUT2D eigenvalue weighted by molar-refractivity contribution is 9.10. The Hall–Kier alpha value is -1.56. The second-order valence-electron chi connectivity index (χ2n) is 4.25. The van der Waals surface area contributed by atoms with E-state index in [1.807, 2.05) is 6.92 Å². The summed E-state index contributed by atoms with van der Waals surface area (Å²) in [5.74, 6) is -1.57. The Kier molecular flexibility index (Phi) is 4.65. The number of nitrogens with zero attached hydrogens (tertiary/aromatic N) is 1. The lowest BCUT2D eigenvalue weighted by Crippen LogP contribution is -2.12. The highest BCUT2D eigenvalue weighted by Crippen LogP contribution is 2.27. The molecule has 1 aromatic carbocycles. The fourth-order valence-corrected chi connectivity index (χ4v) is 2.11. The van der Waals surface area contributed by atoms with E-state index in [1.54, 1.807) is 0 Å². The summed E-state index contributed by atoms with van der Waals surface area (Å²) in [6, 6.07) is 4.61. The quantitative estimate of drug-likeness (QED) is 0.804. The molecule has 0 radical (unpaired) electrons. The molecule has 6 heteroatoms. The fraction of sp³-hybridized carbons (Fsp3) is 0.214. The summed E-state index contributed by atoms with van der Waals surface area (Å²) in [7, 11) is 0. The van der Waals surface area contributed by atoms with Crippen molar-refractivity contribution in [3.05, 3.63) is 58.1 Å². The van der Waals surface area contributed by atoms with Crippen molar-refractivity contribution in [2.45, 2.75) is 19.4 Å². The molecule has 1 unspecified atom stereocenters. The van der Waals surface area contributed by atoms with Gasteiger partial charge >= 0.3 is 0 Å². The molecule has 0 fully saturated rings. The summed E-state index contributed by atoms with van der Waals surface area (Å²) in [5.41, 5.74) is 0.611. The van der Waals surface area contributed by atoms with Crippen molar-refractivity contribution in [3.8, 4) is 0 Å². The zero-order valence-corrected chi connectivity index (χ0v) is 12.2. The van der Waals surface area contributed by atoms with E-state index in [4.69, 9.17) is 0 Å². The third kappa shape index (κ3) is 3.30. The largest absolute Gasteiger partial charge is 0.374 e. The average Bonchev–Trinajstić information content (AvgIpc) is 2.42. The van der Waals surface area contributed by atoms with Gasteiger partial charge in [-0.1, -0.05) is 6.92 Å². The molecule has 2 nitrogen and oxygen atoms in total. The van der Waals surface area contributed by atoms with Crippen molar-refractivity contribution in [1.82, 2.24) is 4.98 Å². The molecule has 1 heterocycles. The molecule has 0 amide bonds. The topological polar surface area (TPSA) is 24.9 Å². The average molecular weight is 345 g/mol. The van der Waals surface area contributed by atoms with Crippen LogP contribution >= 0.6 is 15.9 Å². The molecule has 1 aromatic heterocycles. The van der Waals surface area contributed by atoms with Gasteiger partial charge in [0.15, 0.2) is 0 Å². The lowest BCUT2D eigenvalue weighted by molar-refractivity contribution is 0.590. The van der Waals surface area contributed by atoms with Crippen LogP contribution in [0.2, 0.25) is 0 Å². The molecule has 1 atom stereocenters. The van der Waals surface area contributed by atoms with Gasteiger partial charge in [-0.25, -0.2) is 13.2 Å². The van der Waals surface area contributed by atoms with E-state index < -0.39 is 17.5 Å². The summed E-state index contributed by atoms with van der Waals surface area (Å²) < 4.78 is 40.1. The molecule has 0 aliphatic rings. The molecule has 0 spiro atoms. The minimum Gasteiger partial charge on any atom is -0.374 e. The normalized spacial score (nSPS) is 12.2. The Morgan fingerprint density at radius 2 is 1.95 bits per heavy atom. The Morgan fingerprint density at radius 3 is 2.55 bits per heavy atom. The van der Waals surface area contributed by atoms with Crippen LogP contribution in [0.5, 0.6) is 0 Å². The van der Waals surface area contributed by atoms with Crippen LogP contribution in [0.3, 0.4) is 0 Å². The molecular formula is C14H12BrF3N2. The van der Waals surface area contributed by atoms with Gasteiger partial charge in [0, 0.05) is 6.07 Å². The van der Waals surface area contributed by atoms with Gasteiger partial charge in [-0.3, -0.25) is 4.98 Å². The zero-order valence-electron chi connectivity index (χ0n) is 10.6. The maximum absolute atomic E-state index is 13.8. The third-order valence-corrected chi connectivity index (χ3v) is 3.46. The predicted molar refractivity (Wildman–Crippen MR) is 74.9 cm³/mol. The van der Waals surface area contributed by atoms with E-state index in [1.165, 1.54) is 12.1 Å². The molecule has 20 heavy (non-hydrogen) atoms. The fourth-order valence-electron chi connectivity index (χ4n) is 1.80. The lowest BCUT2D eigenvalue weighted by atomic mass is 10.1. The first-order chi connectivity index (χ1) is 9.51. The molecule has 2 rings (SSSR count). The molecule has 0 saturated carbocycles. The summed E-state index contributed by atoms with van der Waals surface area (Å²) in [6.45, 7) is 1.87. The first-order valence-electron chi connectivity index (χ1n) is 6.03. The van der Waals surface area contributed by atoms with Crippen molar-refractivity contribution < 1.29 is 13.2 Å². The van der Waals surface area contributed by atoms with Gasteiger partial charge in [-0.05, 0) is 40.5 Å². The zero-order chi connectivity index (χ0) is 14.7.